The van der Waals surface area contributed by atoms with Crippen molar-refractivity contribution in [2.24, 2.45) is 0 Å². The number of benzene rings is 2. The standard InChI is InChI=1S/C18H24N2O2/c1-19(12-13-21)14-18(22)15-20(16-8-4-2-5-9-16)17-10-6-3-7-11-17/h2-11,18,21-22H,12-15H2,1H3/t18-/m1/s1. The molecule has 118 valence electrons. The van der Waals surface area contributed by atoms with Crippen molar-refractivity contribution in [3.63, 3.8) is 0 Å². The van der Waals surface area contributed by atoms with Gasteiger partial charge in [-0.25, -0.2) is 0 Å². The molecule has 0 unspecified atom stereocenters. The predicted molar refractivity (Wildman–Crippen MR) is 90.5 cm³/mol. The van der Waals surface area contributed by atoms with E-state index < -0.39 is 6.10 Å². The van der Waals surface area contributed by atoms with Gasteiger partial charge in [-0.3, -0.25) is 0 Å². The molecule has 2 N–H and O–H groups in total. The second-order valence-corrected chi connectivity index (χ2v) is 5.42. The van der Waals surface area contributed by atoms with Gasteiger partial charge in [0.2, 0.25) is 0 Å². The molecule has 1 atom stereocenters. The van der Waals surface area contributed by atoms with E-state index in [1.807, 2.05) is 72.6 Å². The average Bonchev–Trinajstić information content (AvgIpc) is 2.54. The molecule has 0 spiro atoms. The largest absolute Gasteiger partial charge is 0.395 e. The van der Waals surface area contributed by atoms with E-state index in [1.165, 1.54) is 0 Å². The lowest BCUT2D eigenvalue weighted by molar-refractivity contribution is 0.120. The monoisotopic (exact) mass is 300 g/mol. The minimum Gasteiger partial charge on any atom is -0.395 e. The molecule has 0 aliphatic rings. The Labute approximate surface area is 132 Å². The van der Waals surface area contributed by atoms with Crippen molar-refractivity contribution in [3.05, 3.63) is 60.7 Å². The van der Waals surface area contributed by atoms with Gasteiger partial charge in [0.1, 0.15) is 0 Å². The Hall–Kier alpha value is -1.88. The summed E-state index contributed by atoms with van der Waals surface area (Å²) in [7, 11) is 1.90. The number of para-hydroxylation sites is 2. The Morgan fingerprint density at radius 1 is 0.864 bits per heavy atom. The van der Waals surface area contributed by atoms with Crippen LogP contribution >= 0.6 is 0 Å². The van der Waals surface area contributed by atoms with Crippen LogP contribution in [0.1, 0.15) is 0 Å². The second-order valence-electron chi connectivity index (χ2n) is 5.42. The normalized spacial score (nSPS) is 12.4. The van der Waals surface area contributed by atoms with Crippen LogP contribution in [-0.2, 0) is 0 Å². The SMILES string of the molecule is CN(CCO)C[C@@H](O)CN(c1ccccc1)c1ccccc1. The third kappa shape index (κ3) is 4.84. The van der Waals surface area contributed by atoms with Gasteiger partial charge in [0, 0.05) is 24.5 Å². The highest BCUT2D eigenvalue weighted by atomic mass is 16.3. The van der Waals surface area contributed by atoms with Crippen LogP contribution in [0, 0.1) is 0 Å². The van der Waals surface area contributed by atoms with E-state index in [0.29, 0.717) is 19.6 Å². The summed E-state index contributed by atoms with van der Waals surface area (Å²) < 4.78 is 0. The van der Waals surface area contributed by atoms with Gasteiger partial charge in [0.15, 0.2) is 0 Å². The first-order valence-electron chi connectivity index (χ1n) is 7.56. The molecule has 0 bridgehead atoms. The number of likely N-dealkylation sites (N-methyl/N-ethyl adjacent to an activating group) is 1. The Kier molecular flexibility index (Phi) is 6.40. The molecule has 0 aliphatic carbocycles. The Morgan fingerprint density at radius 2 is 1.36 bits per heavy atom. The van der Waals surface area contributed by atoms with Crippen LogP contribution in [0.4, 0.5) is 11.4 Å². The zero-order valence-corrected chi connectivity index (χ0v) is 13.0. The van der Waals surface area contributed by atoms with Gasteiger partial charge in [-0.15, -0.1) is 0 Å². The summed E-state index contributed by atoms with van der Waals surface area (Å²) in [5.41, 5.74) is 2.11. The topological polar surface area (TPSA) is 46.9 Å². The van der Waals surface area contributed by atoms with Crippen molar-refractivity contribution in [1.82, 2.24) is 4.90 Å². The summed E-state index contributed by atoms with van der Waals surface area (Å²) in [4.78, 5) is 4.04. The molecule has 0 fully saturated rings. The van der Waals surface area contributed by atoms with E-state index in [2.05, 4.69) is 4.90 Å². The molecule has 22 heavy (non-hydrogen) atoms. The van der Waals surface area contributed by atoms with Crippen LogP contribution in [0.2, 0.25) is 0 Å². The van der Waals surface area contributed by atoms with Crippen LogP contribution < -0.4 is 4.90 Å². The first-order valence-corrected chi connectivity index (χ1v) is 7.56. The number of hydrogen-bond acceptors (Lipinski definition) is 4. The number of rotatable bonds is 8. The highest BCUT2D eigenvalue weighted by Gasteiger charge is 2.15. The zero-order valence-electron chi connectivity index (χ0n) is 13.0. The van der Waals surface area contributed by atoms with E-state index in [-0.39, 0.29) is 6.61 Å². The summed E-state index contributed by atoms with van der Waals surface area (Å²) in [6.07, 6.45) is -0.503. The van der Waals surface area contributed by atoms with Gasteiger partial charge in [-0.2, -0.15) is 0 Å². The Balaban J connectivity index is 2.12. The number of nitrogens with zero attached hydrogens (tertiary/aromatic N) is 2. The molecule has 2 rings (SSSR count). The van der Waals surface area contributed by atoms with Crippen LogP contribution in [0.15, 0.2) is 60.7 Å². The fourth-order valence-electron chi connectivity index (χ4n) is 2.47. The Bertz CT molecular complexity index is 494. The maximum absolute atomic E-state index is 10.4. The smallest absolute Gasteiger partial charge is 0.0845 e. The molecule has 4 nitrogen and oxygen atoms in total. The molecule has 2 aromatic rings. The van der Waals surface area contributed by atoms with E-state index in [1.54, 1.807) is 0 Å². The van der Waals surface area contributed by atoms with Crippen molar-refractivity contribution in [3.8, 4) is 0 Å². The maximum Gasteiger partial charge on any atom is 0.0845 e. The minimum atomic E-state index is -0.503. The number of hydrogen-bond donors (Lipinski definition) is 2. The van der Waals surface area contributed by atoms with Crippen molar-refractivity contribution in [1.29, 1.82) is 0 Å². The molecule has 0 aromatic heterocycles. The molecule has 0 saturated carbocycles. The Morgan fingerprint density at radius 3 is 1.82 bits per heavy atom. The van der Waals surface area contributed by atoms with Gasteiger partial charge >= 0.3 is 0 Å². The van der Waals surface area contributed by atoms with Gasteiger partial charge in [0.05, 0.1) is 19.3 Å². The molecule has 0 radical (unpaired) electrons. The molecule has 0 aliphatic heterocycles. The summed E-state index contributed by atoms with van der Waals surface area (Å²) in [6.45, 7) is 1.69. The first-order chi connectivity index (χ1) is 10.7. The first kappa shape index (κ1) is 16.5. The lowest BCUT2D eigenvalue weighted by Gasteiger charge is -2.29. The summed E-state index contributed by atoms with van der Waals surface area (Å²) >= 11 is 0. The third-order valence-corrected chi connectivity index (χ3v) is 3.53. The fourth-order valence-corrected chi connectivity index (χ4v) is 2.47. The molecule has 0 saturated heterocycles. The average molecular weight is 300 g/mol. The van der Waals surface area contributed by atoms with Crippen molar-refractivity contribution < 1.29 is 10.2 Å². The van der Waals surface area contributed by atoms with Crippen LogP contribution in [0.25, 0.3) is 0 Å². The van der Waals surface area contributed by atoms with Crippen molar-refractivity contribution >= 4 is 11.4 Å². The molecular formula is C18H24N2O2. The minimum absolute atomic E-state index is 0.101. The third-order valence-electron chi connectivity index (χ3n) is 3.53. The molecular weight excluding hydrogens is 276 g/mol. The summed E-state index contributed by atoms with van der Waals surface area (Å²) in [5, 5.41) is 19.3. The maximum atomic E-state index is 10.4. The zero-order chi connectivity index (χ0) is 15.8. The van der Waals surface area contributed by atoms with Crippen LogP contribution in [-0.4, -0.2) is 54.5 Å². The van der Waals surface area contributed by atoms with E-state index in [0.717, 1.165) is 11.4 Å². The number of aliphatic hydroxyl groups is 2. The van der Waals surface area contributed by atoms with Gasteiger partial charge in [-0.1, -0.05) is 36.4 Å². The molecule has 0 amide bonds. The fraction of sp³-hybridized carbons (Fsp3) is 0.333. The lowest BCUT2D eigenvalue weighted by Crippen LogP contribution is -2.38. The van der Waals surface area contributed by atoms with Crippen LogP contribution in [0.3, 0.4) is 0 Å². The molecule has 2 aromatic carbocycles. The second kappa shape index (κ2) is 8.54. The molecule has 4 heteroatoms. The van der Waals surface area contributed by atoms with Crippen LogP contribution in [0.5, 0.6) is 0 Å². The quantitative estimate of drug-likeness (QED) is 0.784. The van der Waals surface area contributed by atoms with Gasteiger partial charge < -0.3 is 20.0 Å². The van der Waals surface area contributed by atoms with Gasteiger partial charge in [-0.05, 0) is 31.3 Å². The summed E-state index contributed by atoms with van der Waals surface area (Å²) in [6, 6.07) is 20.1. The van der Waals surface area contributed by atoms with Crippen molar-refractivity contribution in [2.75, 3.05) is 38.2 Å². The predicted octanol–water partition coefficient (Wildman–Crippen LogP) is 2.11. The van der Waals surface area contributed by atoms with E-state index >= 15 is 0 Å². The highest BCUT2D eigenvalue weighted by Crippen LogP contribution is 2.24. The molecule has 0 heterocycles. The number of aliphatic hydroxyl groups excluding tert-OH is 2. The van der Waals surface area contributed by atoms with E-state index in [9.17, 15) is 5.11 Å². The van der Waals surface area contributed by atoms with E-state index in [4.69, 9.17) is 5.11 Å². The number of anilines is 2. The lowest BCUT2D eigenvalue weighted by atomic mass is 10.2. The van der Waals surface area contributed by atoms with Crippen molar-refractivity contribution in [2.45, 2.75) is 6.10 Å². The highest BCUT2D eigenvalue weighted by molar-refractivity contribution is 5.63. The summed E-state index contributed by atoms with van der Waals surface area (Å²) in [5.74, 6) is 0. The van der Waals surface area contributed by atoms with Gasteiger partial charge in [0.25, 0.3) is 0 Å².